The van der Waals surface area contributed by atoms with Crippen LogP contribution in [0, 0.1) is 10.1 Å². The zero-order valence-corrected chi connectivity index (χ0v) is 8.12. The SMILES string of the molecule is O=Cc1c(Cl)[nH]c2ccc([N+](=O)[O-])cc12. The van der Waals surface area contributed by atoms with Gasteiger partial charge < -0.3 is 4.98 Å². The second kappa shape index (κ2) is 3.36. The maximum absolute atomic E-state index is 10.7. The largest absolute Gasteiger partial charge is 0.345 e. The van der Waals surface area contributed by atoms with Crippen molar-refractivity contribution in [2.45, 2.75) is 0 Å². The molecule has 0 atom stereocenters. The second-order valence-corrected chi connectivity index (χ2v) is 3.34. The summed E-state index contributed by atoms with van der Waals surface area (Å²) in [5.74, 6) is 0. The number of H-pyrrole nitrogens is 1. The number of hydrogen-bond acceptors (Lipinski definition) is 3. The van der Waals surface area contributed by atoms with Crippen molar-refractivity contribution in [3.8, 4) is 0 Å². The van der Waals surface area contributed by atoms with Crippen LogP contribution in [0.4, 0.5) is 5.69 Å². The van der Waals surface area contributed by atoms with Gasteiger partial charge in [-0.2, -0.15) is 0 Å². The third-order valence-electron chi connectivity index (χ3n) is 2.10. The van der Waals surface area contributed by atoms with E-state index in [0.717, 1.165) is 0 Å². The monoisotopic (exact) mass is 224 g/mol. The van der Waals surface area contributed by atoms with E-state index in [1.807, 2.05) is 0 Å². The van der Waals surface area contributed by atoms with Crippen molar-refractivity contribution in [3.05, 3.63) is 39.0 Å². The first-order valence-corrected chi connectivity index (χ1v) is 4.42. The molecule has 0 aliphatic heterocycles. The highest BCUT2D eigenvalue weighted by molar-refractivity contribution is 6.34. The van der Waals surface area contributed by atoms with E-state index in [1.165, 1.54) is 18.2 Å². The number of aromatic nitrogens is 1. The normalized spacial score (nSPS) is 10.5. The molecule has 5 nitrogen and oxygen atoms in total. The maximum atomic E-state index is 10.7. The summed E-state index contributed by atoms with van der Waals surface area (Å²) in [6.45, 7) is 0. The first-order chi connectivity index (χ1) is 7.13. The highest BCUT2D eigenvalue weighted by Gasteiger charge is 2.13. The van der Waals surface area contributed by atoms with Gasteiger partial charge in [0.1, 0.15) is 5.15 Å². The Labute approximate surface area is 88.8 Å². The van der Waals surface area contributed by atoms with Crippen LogP contribution >= 0.6 is 11.6 Å². The van der Waals surface area contributed by atoms with E-state index in [0.29, 0.717) is 17.2 Å². The number of non-ortho nitro benzene ring substituents is 1. The first kappa shape index (κ1) is 9.67. The zero-order chi connectivity index (χ0) is 11.0. The molecular weight excluding hydrogens is 220 g/mol. The number of benzene rings is 1. The topological polar surface area (TPSA) is 76.0 Å². The van der Waals surface area contributed by atoms with Crippen LogP contribution in [0.1, 0.15) is 10.4 Å². The van der Waals surface area contributed by atoms with Crippen LogP contribution in [0.25, 0.3) is 10.9 Å². The van der Waals surface area contributed by atoms with Gasteiger partial charge in [-0.15, -0.1) is 0 Å². The Morgan fingerprint density at radius 3 is 2.80 bits per heavy atom. The van der Waals surface area contributed by atoms with Gasteiger partial charge in [-0.25, -0.2) is 0 Å². The standard InChI is InChI=1S/C9H5ClN2O3/c10-9-7(4-13)6-3-5(12(14)15)1-2-8(6)11-9/h1-4,11H. The minimum Gasteiger partial charge on any atom is -0.345 e. The number of nitrogens with zero attached hydrogens (tertiary/aromatic N) is 1. The van der Waals surface area contributed by atoms with Gasteiger partial charge in [0.2, 0.25) is 0 Å². The van der Waals surface area contributed by atoms with E-state index in [-0.39, 0.29) is 16.4 Å². The van der Waals surface area contributed by atoms with Crippen LogP contribution in [0.5, 0.6) is 0 Å². The molecule has 0 fully saturated rings. The number of nitrogens with one attached hydrogen (secondary N) is 1. The Bertz CT molecular complexity index is 562. The molecule has 0 aliphatic carbocycles. The fourth-order valence-corrected chi connectivity index (χ4v) is 1.64. The summed E-state index contributed by atoms with van der Waals surface area (Å²) in [5.41, 5.74) is 0.782. The van der Waals surface area contributed by atoms with Gasteiger partial charge in [0, 0.05) is 23.0 Å². The molecule has 1 N–H and O–H groups in total. The number of carbonyl (C=O) groups is 1. The fourth-order valence-electron chi connectivity index (χ4n) is 1.40. The van der Waals surface area contributed by atoms with Crippen molar-refractivity contribution < 1.29 is 9.72 Å². The van der Waals surface area contributed by atoms with Crippen molar-refractivity contribution in [2.24, 2.45) is 0 Å². The van der Waals surface area contributed by atoms with Crippen molar-refractivity contribution in [1.82, 2.24) is 4.98 Å². The number of rotatable bonds is 2. The fraction of sp³-hybridized carbons (Fsp3) is 0. The van der Waals surface area contributed by atoms with Gasteiger partial charge in [0.05, 0.1) is 10.5 Å². The lowest BCUT2D eigenvalue weighted by Crippen LogP contribution is -1.87. The van der Waals surface area contributed by atoms with Gasteiger partial charge >= 0.3 is 0 Å². The van der Waals surface area contributed by atoms with Crippen LogP contribution in [0.15, 0.2) is 18.2 Å². The average Bonchev–Trinajstić information content (AvgIpc) is 2.51. The van der Waals surface area contributed by atoms with Crippen LogP contribution in [-0.4, -0.2) is 16.2 Å². The molecule has 0 bridgehead atoms. The molecule has 0 saturated heterocycles. The van der Waals surface area contributed by atoms with Gasteiger partial charge in [0.15, 0.2) is 6.29 Å². The Hall–Kier alpha value is -1.88. The molecule has 0 spiro atoms. The number of carbonyl (C=O) groups excluding carboxylic acids is 1. The number of nitro benzene ring substituents is 1. The quantitative estimate of drug-likeness (QED) is 0.484. The number of aldehydes is 1. The predicted octanol–water partition coefficient (Wildman–Crippen LogP) is 2.54. The van der Waals surface area contributed by atoms with E-state index < -0.39 is 4.92 Å². The molecule has 1 aromatic carbocycles. The average molecular weight is 225 g/mol. The molecule has 0 aliphatic rings. The summed E-state index contributed by atoms with van der Waals surface area (Å²) >= 11 is 5.74. The number of halogens is 1. The van der Waals surface area contributed by atoms with Crippen LogP contribution in [0.3, 0.4) is 0 Å². The molecule has 1 aromatic heterocycles. The van der Waals surface area contributed by atoms with Crippen molar-refractivity contribution in [1.29, 1.82) is 0 Å². The number of fused-ring (bicyclic) bond motifs is 1. The highest BCUT2D eigenvalue weighted by Crippen LogP contribution is 2.27. The lowest BCUT2D eigenvalue weighted by atomic mass is 10.2. The molecule has 76 valence electrons. The minimum absolute atomic E-state index is 0.0683. The molecule has 0 unspecified atom stereocenters. The Morgan fingerprint density at radius 2 is 2.20 bits per heavy atom. The van der Waals surface area contributed by atoms with Crippen molar-refractivity contribution in [3.63, 3.8) is 0 Å². The molecule has 0 radical (unpaired) electrons. The molecule has 15 heavy (non-hydrogen) atoms. The summed E-state index contributed by atoms with van der Waals surface area (Å²) in [7, 11) is 0. The Morgan fingerprint density at radius 1 is 1.47 bits per heavy atom. The maximum Gasteiger partial charge on any atom is 0.270 e. The molecule has 6 heteroatoms. The van der Waals surface area contributed by atoms with E-state index in [9.17, 15) is 14.9 Å². The summed E-state index contributed by atoms with van der Waals surface area (Å²) in [5, 5.41) is 11.2. The summed E-state index contributed by atoms with van der Waals surface area (Å²) in [6, 6.07) is 4.19. The minimum atomic E-state index is -0.519. The first-order valence-electron chi connectivity index (χ1n) is 4.04. The lowest BCUT2D eigenvalue weighted by Gasteiger charge is -1.91. The lowest BCUT2D eigenvalue weighted by molar-refractivity contribution is -0.384. The van der Waals surface area contributed by atoms with Gasteiger partial charge in [0.25, 0.3) is 5.69 Å². The summed E-state index contributed by atoms with van der Waals surface area (Å²) in [6.07, 6.45) is 0.574. The van der Waals surface area contributed by atoms with Crippen LogP contribution in [0.2, 0.25) is 5.15 Å². The van der Waals surface area contributed by atoms with E-state index in [1.54, 1.807) is 0 Å². The second-order valence-electron chi connectivity index (χ2n) is 2.96. The number of aromatic amines is 1. The molecule has 0 saturated carbocycles. The van der Waals surface area contributed by atoms with E-state index in [2.05, 4.69) is 4.98 Å². The number of hydrogen-bond donors (Lipinski definition) is 1. The molecular formula is C9H5ClN2O3. The summed E-state index contributed by atoms with van der Waals surface area (Å²) in [4.78, 5) is 23.5. The highest BCUT2D eigenvalue weighted by atomic mass is 35.5. The van der Waals surface area contributed by atoms with E-state index >= 15 is 0 Å². The zero-order valence-electron chi connectivity index (χ0n) is 7.36. The predicted molar refractivity (Wildman–Crippen MR) is 55.4 cm³/mol. The van der Waals surface area contributed by atoms with Crippen molar-refractivity contribution in [2.75, 3.05) is 0 Å². The molecule has 1 heterocycles. The molecule has 0 amide bonds. The van der Waals surface area contributed by atoms with Gasteiger partial charge in [-0.3, -0.25) is 14.9 Å². The summed E-state index contributed by atoms with van der Waals surface area (Å²) < 4.78 is 0. The van der Waals surface area contributed by atoms with Crippen molar-refractivity contribution >= 4 is 34.5 Å². The molecule has 2 aromatic rings. The smallest absolute Gasteiger partial charge is 0.270 e. The number of nitro groups is 1. The third kappa shape index (κ3) is 1.46. The Kier molecular flexibility index (Phi) is 2.17. The molecule has 2 rings (SSSR count). The van der Waals surface area contributed by atoms with E-state index in [4.69, 9.17) is 11.6 Å². The van der Waals surface area contributed by atoms with Crippen LogP contribution in [-0.2, 0) is 0 Å². The van der Waals surface area contributed by atoms with Gasteiger partial charge in [-0.1, -0.05) is 11.6 Å². The van der Waals surface area contributed by atoms with Gasteiger partial charge in [-0.05, 0) is 6.07 Å². The third-order valence-corrected chi connectivity index (χ3v) is 2.40. The Balaban J connectivity index is 2.78. The van der Waals surface area contributed by atoms with Crippen LogP contribution < -0.4 is 0 Å².